The Morgan fingerprint density at radius 3 is 2.70 bits per heavy atom. The van der Waals surface area contributed by atoms with Gasteiger partial charge in [0.05, 0.1) is 5.56 Å². The highest BCUT2D eigenvalue weighted by Crippen LogP contribution is 2.26. The number of hydrogen-bond donors (Lipinski definition) is 5. The van der Waals surface area contributed by atoms with Crippen LogP contribution in [0.4, 0.5) is 10.6 Å². The predicted molar refractivity (Wildman–Crippen MR) is 74.0 cm³/mol. The summed E-state index contributed by atoms with van der Waals surface area (Å²) < 4.78 is 0. The third kappa shape index (κ3) is 2.55. The number of benzene rings is 1. The zero-order valence-electron chi connectivity index (χ0n) is 10.4. The number of nitrogens with two attached hydrogens (primary N) is 2. The molecule has 0 unspecified atom stereocenters. The molecule has 7 nitrogen and oxygen atoms in total. The van der Waals surface area contributed by atoms with Gasteiger partial charge in [-0.15, -0.1) is 0 Å². The monoisotopic (exact) mass is 272 g/mol. The SMILES string of the molecule is NC(=O)Nc1[nH]c2cc(C#CCO)ccc2c1C(N)=O. The molecule has 0 aliphatic heterocycles. The molecule has 7 N–H and O–H groups in total. The summed E-state index contributed by atoms with van der Waals surface area (Å²) in [5.41, 5.74) is 11.7. The number of carbonyl (C=O) groups excluding carboxylic acids is 2. The Morgan fingerprint density at radius 1 is 1.35 bits per heavy atom. The molecule has 20 heavy (non-hydrogen) atoms. The Balaban J connectivity index is 2.60. The molecule has 0 spiro atoms. The van der Waals surface area contributed by atoms with Crippen molar-refractivity contribution >= 4 is 28.7 Å². The third-order valence-electron chi connectivity index (χ3n) is 2.60. The van der Waals surface area contributed by atoms with Gasteiger partial charge in [0, 0.05) is 16.5 Å². The van der Waals surface area contributed by atoms with Crippen LogP contribution in [0, 0.1) is 11.8 Å². The van der Waals surface area contributed by atoms with Crippen LogP contribution in [-0.4, -0.2) is 28.6 Å². The van der Waals surface area contributed by atoms with Gasteiger partial charge in [-0.2, -0.15) is 0 Å². The smallest absolute Gasteiger partial charge is 0.317 e. The van der Waals surface area contributed by atoms with Gasteiger partial charge in [0.1, 0.15) is 12.4 Å². The molecular formula is C13H12N4O3. The molecule has 0 atom stereocenters. The molecule has 0 bridgehead atoms. The van der Waals surface area contributed by atoms with Crippen molar-refractivity contribution in [1.82, 2.24) is 4.98 Å². The molecule has 102 valence electrons. The standard InChI is InChI=1S/C13H12N4O3/c14-11(19)10-8-4-3-7(2-1-5-18)6-9(8)16-12(10)17-13(15)20/h3-4,6,16,18H,5H2,(H2,14,19)(H3,15,17,20). The van der Waals surface area contributed by atoms with Crippen molar-refractivity contribution < 1.29 is 14.7 Å². The fourth-order valence-electron chi connectivity index (χ4n) is 1.89. The number of carbonyl (C=O) groups is 2. The molecule has 1 aromatic carbocycles. The first-order chi connectivity index (χ1) is 9.52. The highest BCUT2D eigenvalue weighted by molar-refractivity contribution is 6.13. The molecule has 0 aliphatic rings. The van der Waals surface area contributed by atoms with E-state index < -0.39 is 11.9 Å². The van der Waals surface area contributed by atoms with Crippen LogP contribution in [0.3, 0.4) is 0 Å². The second kappa shape index (κ2) is 5.34. The van der Waals surface area contributed by atoms with Gasteiger partial charge in [0.25, 0.3) is 5.91 Å². The molecule has 1 aromatic heterocycles. The number of amides is 3. The topological polar surface area (TPSA) is 134 Å². The van der Waals surface area contributed by atoms with Crippen LogP contribution in [0.5, 0.6) is 0 Å². The van der Waals surface area contributed by atoms with Crippen LogP contribution in [0.2, 0.25) is 0 Å². The lowest BCUT2D eigenvalue weighted by atomic mass is 10.1. The molecule has 1 heterocycles. The first-order valence-corrected chi connectivity index (χ1v) is 5.64. The van der Waals surface area contributed by atoms with E-state index in [4.69, 9.17) is 16.6 Å². The maximum Gasteiger partial charge on any atom is 0.317 e. The summed E-state index contributed by atoms with van der Waals surface area (Å²) in [6, 6.07) is 4.20. The highest BCUT2D eigenvalue weighted by atomic mass is 16.2. The van der Waals surface area contributed by atoms with E-state index in [0.717, 1.165) is 0 Å². The van der Waals surface area contributed by atoms with Crippen molar-refractivity contribution in [3.63, 3.8) is 0 Å². The van der Waals surface area contributed by atoms with Gasteiger partial charge in [-0.3, -0.25) is 10.1 Å². The molecule has 3 amide bonds. The van der Waals surface area contributed by atoms with Crippen molar-refractivity contribution in [3.05, 3.63) is 29.3 Å². The fourth-order valence-corrected chi connectivity index (χ4v) is 1.89. The number of rotatable bonds is 2. The number of aliphatic hydroxyl groups is 1. The Bertz CT molecular complexity index is 752. The normalized spacial score (nSPS) is 9.85. The van der Waals surface area contributed by atoms with E-state index in [9.17, 15) is 9.59 Å². The largest absolute Gasteiger partial charge is 0.384 e. The number of aromatic nitrogens is 1. The first kappa shape index (κ1) is 13.5. The summed E-state index contributed by atoms with van der Waals surface area (Å²) in [6.07, 6.45) is 0. The number of fused-ring (bicyclic) bond motifs is 1. The molecule has 2 rings (SSSR count). The van der Waals surface area contributed by atoms with E-state index in [1.54, 1.807) is 18.2 Å². The molecule has 7 heteroatoms. The zero-order chi connectivity index (χ0) is 14.7. The second-order valence-corrected chi connectivity index (χ2v) is 3.95. The number of aromatic amines is 1. The van der Waals surface area contributed by atoms with E-state index >= 15 is 0 Å². The number of urea groups is 1. The molecule has 0 fully saturated rings. The van der Waals surface area contributed by atoms with Crippen LogP contribution in [0.1, 0.15) is 15.9 Å². The quantitative estimate of drug-likeness (QED) is 0.496. The van der Waals surface area contributed by atoms with Crippen molar-refractivity contribution in [2.75, 3.05) is 11.9 Å². The van der Waals surface area contributed by atoms with Crippen LogP contribution < -0.4 is 16.8 Å². The lowest BCUT2D eigenvalue weighted by molar-refractivity contribution is 0.100. The van der Waals surface area contributed by atoms with E-state index in [2.05, 4.69) is 22.1 Å². The summed E-state index contributed by atoms with van der Waals surface area (Å²) in [4.78, 5) is 25.3. The minimum atomic E-state index is -0.806. The summed E-state index contributed by atoms with van der Waals surface area (Å²) in [7, 11) is 0. The molecular weight excluding hydrogens is 260 g/mol. The van der Waals surface area contributed by atoms with Crippen molar-refractivity contribution in [2.24, 2.45) is 11.5 Å². The van der Waals surface area contributed by atoms with Crippen LogP contribution in [-0.2, 0) is 0 Å². The fraction of sp³-hybridized carbons (Fsp3) is 0.0769. The maximum atomic E-state index is 11.5. The minimum absolute atomic E-state index is 0.146. The Labute approximate surface area is 113 Å². The molecule has 0 saturated carbocycles. The Morgan fingerprint density at radius 2 is 2.10 bits per heavy atom. The van der Waals surface area contributed by atoms with E-state index in [1.807, 2.05) is 0 Å². The van der Waals surface area contributed by atoms with Gasteiger partial charge in [-0.1, -0.05) is 17.9 Å². The van der Waals surface area contributed by atoms with Crippen LogP contribution in [0.25, 0.3) is 10.9 Å². The highest BCUT2D eigenvalue weighted by Gasteiger charge is 2.17. The number of nitrogens with one attached hydrogen (secondary N) is 2. The molecule has 0 radical (unpaired) electrons. The van der Waals surface area contributed by atoms with Gasteiger partial charge in [-0.25, -0.2) is 4.79 Å². The minimum Gasteiger partial charge on any atom is -0.384 e. The lowest BCUT2D eigenvalue weighted by Gasteiger charge is -2.00. The van der Waals surface area contributed by atoms with Gasteiger partial charge < -0.3 is 21.6 Å². The Hall–Kier alpha value is -2.98. The summed E-state index contributed by atoms with van der Waals surface area (Å²) in [5, 5.41) is 11.5. The van der Waals surface area contributed by atoms with Crippen LogP contribution >= 0.6 is 0 Å². The van der Waals surface area contributed by atoms with E-state index in [1.165, 1.54) is 0 Å². The molecule has 0 saturated heterocycles. The summed E-state index contributed by atoms with van der Waals surface area (Å²) in [6.45, 7) is -0.246. The van der Waals surface area contributed by atoms with Gasteiger partial charge in [0.15, 0.2) is 0 Å². The van der Waals surface area contributed by atoms with Crippen molar-refractivity contribution in [3.8, 4) is 11.8 Å². The number of hydrogen-bond acceptors (Lipinski definition) is 3. The average molecular weight is 272 g/mol. The van der Waals surface area contributed by atoms with Gasteiger partial charge >= 0.3 is 6.03 Å². The third-order valence-corrected chi connectivity index (χ3v) is 2.60. The van der Waals surface area contributed by atoms with E-state index in [-0.39, 0.29) is 18.0 Å². The van der Waals surface area contributed by atoms with E-state index in [0.29, 0.717) is 16.5 Å². The van der Waals surface area contributed by atoms with Crippen molar-refractivity contribution in [1.29, 1.82) is 0 Å². The lowest BCUT2D eigenvalue weighted by Crippen LogP contribution is -2.22. The second-order valence-electron chi connectivity index (χ2n) is 3.95. The Kier molecular flexibility index (Phi) is 3.59. The van der Waals surface area contributed by atoms with Gasteiger partial charge in [0.2, 0.25) is 0 Å². The number of anilines is 1. The predicted octanol–water partition coefficient (Wildman–Crippen LogP) is 0.101. The number of H-pyrrole nitrogens is 1. The van der Waals surface area contributed by atoms with Gasteiger partial charge in [-0.05, 0) is 12.1 Å². The molecule has 2 aromatic rings. The van der Waals surface area contributed by atoms with Crippen molar-refractivity contribution in [2.45, 2.75) is 0 Å². The van der Waals surface area contributed by atoms with Crippen LogP contribution in [0.15, 0.2) is 18.2 Å². The summed E-state index contributed by atoms with van der Waals surface area (Å²) >= 11 is 0. The molecule has 0 aliphatic carbocycles. The zero-order valence-corrected chi connectivity index (χ0v) is 10.4. The summed E-state index contributed by atoms with van der Waals surface area (Å²) in [5.74, 6) is 4.71. The first-order valence-electron chi connectivity index (χ1n) is 5.64. The number of aliphatic hydroxyl groups excluding tert-OH is 1. The maximum absolute atomic E-state index is 11.5. The average Bonchev–Trinajstić information content (AvgIpc) is 2.72. The number of primary amides is 2.